The van der Waals surface area contributed by atoms with Gasteiger partial charge in [-0.2, -0.15) is 5.10 Å². The predicted octanol–water partition coefficient (Wildman–Crippen LogP) is 2.86. The van der Waals surface area contributed by atoms with Crippen LogP contribution in [0.5, 0.6) is 0 Å². The van der Waals surface area contributed by atoms with Crippen LogP contribution in [-0.2, 0) is 13.6 Å². The number of benzene rings is 1. The van der Waals surface area contributed by atoms with E-state index in [1.807, 2.05) is 11.7 Å². The molecule has 1 N–H and O–H groups in total. The van der Waals surface area contributed by atoms with Crippen molar-refractivity contribution in [3.8, 4) is 0 Å². The van der Waals surface area contributed by atoms with Crippen LogP contribution in [0, 0.1) is 20.8 Å². The van der Waals surface area contributed by atoms with E-state index in [0.29, 0.717) is 0 Å². The highest BCUT2D eigenvalue weighted by Gasteiger charge is 2.20. The number of anilines is 1. The molecule has 2 aromatic rings. The van der Waals surface area contributed by atoms with Crippen molar-refractivity contribution >= 4 is 23.0 Å². The first-order valence-corrected chi connectivity index (χ1v) is 9.18. The van der Waals surface area contributed by atoms with Crippen LogP contribution in [0.1, 0.15) is 22.4 Å². The second-order valence-corrected chi connectivity index (χ2v) is 7.29. The van der Waals surface area contributed by atoms with Gasteiger partial charge in [-0.15, -0.1) is 0 Å². The molecule has 0 radical (unpaired) electrons. The molecule has 0 spiro atoms. The highest BCUT2D eigenvalue weighted by Crippen LogP contribution is 2.16. The van der Waals surface area contributed by atoms with Crippen LogP contribution in [0.2, 0.25) is 0 Å². The van der Waals surface area contributed by atoms with Crippen molar-refractivity contribution in [1.82, 2.24) is 19.6 Å². The Hall–Kier alpha value is -1.92. The maximum absolute atomic E-state index is 5.61. The van der Waals surface area contributed by atoms with Gasteiger partial charge in [-0.05, 0) is 56.2 Å². The van der Waals surface area contributed by atoms with Crippen LogP contribution in [-0.4, -0.2) is 50.9 Å². The maximum atomic E-state index is 5.61. The number of hydrogen-bond acceptors (Lipinski definition) is 3. The number of piperazine rings is 1. The Balaban J connectivity index is 1.52. The van der Waals surface area contributed by atoms with Gasteiger partial charge in [0.05, 0.1) is 5.69 Å². The second-order valence-electron chi connectivity index (χ2n) is 6.91. The fourth-order valence-electron chi connectivity index (χ4n) is 3.18. The highest BCUT2D eigenvalue weighted by molar-refractivity contribution is 7.80. The Kier molecular flexibility index (Phi) is 5.39. The molecule has 0 aliphatic carbocycles. The molecule has 0 atom stereocenters. The van der Waals surface area contributed by atoms with Crippen molar-refractivity contribution in [1.29, 1.82) is 0 Å². The van der Waals surface area contributed by atoms with Gasteiger partial charge in [-0.3, -0.25) is 9.58 Å². The first-order valence-electron chi connectivity index (χ1n) is 8.77. The molecule has 0 bridgehead atoms. The molecule has 1 aliphatic rings. The third-order valence-electron chi connectivity index (χ3n) is 4.93. The lowest BCUT2D eigenvalue weighted by Crippen LogP contribution is -2.49. The van der Waals surface area contributed by atoms with Gasteiger partial charge in [0.25, 0.3) is 0 Å². The minimum absolute atomic E-state index is 0.820. The third kappa shape index (κ3) is 4.38. The van der Waals surface area contributed by atoms with Crippen LogP contribution in [0.3, 0.4) is 0 Å². The summed E-state index contributed by atoms with van der Waals surface area (Å²) in [6, 6.07) is 6.38. The van der Waals surface area contributed by atoms with Crippen LogP contribution < -0.4 is 5.32 Å². The van der Waals surface area contributed by atoms with E-state index < -0.39 is 0 Å². The Morgan fingerprint density at radius 3 is 2.44 bits per heavy atom. The van der Waals surface area contributed by atoms with E-state index in [9.17, 15) is 0 Å². The zero-order valence-corrected chi connectivity index (χ0v) is 16.4. The molecule has 25 heavy (non-hydrogen) atoms. The zero-order valence-electron chi connectivity index (χ0n) is 15.5. The monoisotopic (exact) mass is 357 g/mol. The molecule has 1 aromatic heterocycles. The number of aryl methyl sites for hydroxylation is 4. The standard InChI is InChI=1S/C19H27N5S/c1-14-5-6-18(11-15(14)2)20-19(25)24-9-7-23(8-10-24)13-17-12-22(4)21-16(17)3/h5-6,11-12H,7-10,13H2,1-4H3,(H,20,25). The molecular weight excluding hydrogens is 330 g/mol. The zero-order chi connectivity index (χ0) is 18.0. The lowest BCUT2D eigenvalue weighted by atomic mass is 10.1. The van der Waals surface area contributed by atoms with Gasteiger partial charge in [0.2, 0.25) is 0 Å². The number of nitrogens with zero attached hydrogens (tertiary/aromatic N) is 4. The maximum Gasteiger partial charge on any atom is 0.173 e. The third-order valence-corrected chi connectivity index (χ3v) is 5.29. The van der Waals surface area contributed by atoms with E-state index in [-0.39, 0.29) is 0 Å². The Bertz CT molecular complexity index is 759. The van der Waals surface area contributed by atoms with Gasteiger partial charge >= 0.3 is 0 Å². The van der Waals surface area contributed by atoms with Crippen LogP contribution in [0.4, 0.5) is 5.69 Å². The van der Waals surface area contributed by atoms with Gasteiger partial charge in [0, 0.05) is 57.2 Å². The SMILES string of the molecule is Cc1ccc(NC(=S)N2CCN(Cc3cn(C)nc3C)CC2)cc1C. The summed E-state index contributed by atoms with van der Waals surface area (Å²) in [5.41, 5.74) is 6.09. The molecule has 0 saturated carbocycles. The smallest absolute Gasteiger partial charge is 0.173 e. The molecule has 1 saturated heterocycles. The summed E-state index contributed by atoms with van der Waals surface area (Å²) in [5.74, 6) is 0. The van der Waals surface area contributed by atoms with E-state index in [2.05, 4.69) is 65.4 Å². The summed E-state index contributed by atoms with van der Waals surface area (Å²) in [6.45, 7) is 11.2. The molecule has 0 unspecified atom stereocenters. The van der Waals surface area contributed by atoms with Crippen molar-refractivity contribution in [2.45, 2.75) is 27.3 Å². The van der Waals surface area contributed by atoms with Crippen molar-refractivity contribution in [3.05, 3.63) is 46.8 Å². The minimum Gasteiger partial charge on any atom is -0.346 e. The van der Waals surface area contributed by atoms with Crippen molar-refractivity contribution in [2.24, 2.45) is 7.05 Å². The first-order chi connectivity index (χ1) is 11.9. The van der Waals surface area contributed by atoms with Gasteiger partial charge in [-0.25, -0.2) is 0 Å². The molecule has 1 fully saturated rings. The van der Waals surface area contributed by atoms with Crippen LogP contribution in [0.15, 0.2) is 24.4 Å². The summed E-state index contributed by atoms with van der Waals surface area (Å²) in [7, 11) is 1.98. The largest absolute Gasteiger partial charge is 0.346 e. The molecule has 1 aliphatic heterocycles. The van der Waals surface area contributed by atoms with Gasteiger partial charge in [0.1, 0.15) is 0 Å². The molecule has 6 heteroatoms. The topological polar surface area (TPSA) is 36.3 Å². The number of thiocarbonyl (C=S) groups is 1. The Morgan fingerprint density at radius 2 is 1.84 bits per heavy atom. The molecule has 5 nitrogen and oxygen atoms in total. The summed E-state index contributed by atoms with van der Waals surface area (Å²) in [4.78, 5) is 4.73. The number of aromatic nitrogens is 2. The van der Waals surface area contributed by atoms with Gasteiger partial charge in [0.15, 0.2) is 5.11 Å². The van der Waals surface area contributed by atoms with E-state index in [4.69, 9.17) is 12.2 Å². The normalized spacial score (nSPS) is 15.4. The highest BCUT2D eigenvalue weighted by atomic mass is 32.1. The Labute approximate surface area is 155 Å². The predicted molar refractivity (Wildman–Crippen MR) is 107 cm³/mol. The fraction of sp³-hybridized carbons (Fsp3) is 0.474. The lowest BCUT2D eigenvalue weighted by molar-refractivity contribution is 0.176. The molecule has 1 aromatic carbocycles. The number of rotatable bonds is 3. The molecule has 0 amide bonds. The van der Waals surface area contributed by atoms with Gasteiger partial charge in [-0.1, -0.05) is 6.07 Å². The molecule has 3 rings (SSSR count). The second kappa shape index (κ2) is 7.54. The summed E-state index contributed by atoms with van der Waals surface area (Å²) < 4.78 is 1.89. The first kappa shape index (κ1) is 17.9. The van der Waals surface area contributed by atoms with E-state index >= 15 is 0 Å². The summed E-state index contributed by atoms with van der Waals surface area (Å²) >= 11 is 5.61. The molecule has 134 valence electrons. The fourth-order valence-corrected chi connectivity index (χ4v) is 3.48. The Morgan fingerprint density at radius 1 is 1.12 bits per heavy atom. The summed E-state index contributed by atoms with van der Waals surface area (Å²) in [5, 5.41) is 8.63. The lowest BCUT2D eigenvalue weighted by Gasteiger charge is -2.36. The molecule has 2 heterocycles. The number of hydrogen-bond donors (Lipinski definition) is 1. The molecular formula is C19H27N5S. The average Bonchev–Trinajstić information content (AvgIpc) is 2.89. The minimum atomic E-state index is 0.820. The summed E-state index contributed by atoms with van der Waals surface area (Å²) in [6.07, 6.45) is 2.12. The number of nitrogens with one attached hydrogen (secondary N) is 1. The van der Waals surface area contributed by atoms with Crippen molar-refractivity contribution in [2.75, 3.05) is 31.5 Å². The van der Waals surface area contributed by atoms with E-state index in [1.165, 1.54) is 16.7 Å². The average molecular weight is 358 g/mol. The van der Waals surface area contributed by atoms with Crippen LogP contribution in [0.25, 0.3) is 0 Å². The van der Waals surface area contributed by atoms with E-state index in [0.717, 1.165) is 49.2 Å². The van der Waals surface area contributed by atoms with Crippen LogP contribution >= 0.6 is 12.2 Å². The van der Waals surface area contributed by atoms with E-state index in [1.54, 1.807) is 0 Å². The van der Waals surface area contributed by atoms with Crippen molar-refractivity contribution in [3.63, 3.8) is 0 Å². The quantitative estimate of drug-likeness (QED) is 0.855. The van der Waals surface area contributed by atoms with Gasteiger partial charge < -0.3 is 10.2 Å². The van der Waals surface area contributed by atoms with Crippen molar-refractivity contribution < 1.29 is 0 Å².